The molecule has 4 nitrogen and oxygen atoms in total. The number of hydrogen-bond donors (Lipinski definition) is 1. The van der Waals surface area contributed by atoms with Gasteiger partial charge in [0.25, 0.3) is 0 Å². The number of hydrogen-bond acceptors (Lipinski definition) is 4. The lowest BCUT2D eigenvalue weighted by molar-refractivity contribution is 0.0185. The Balaban J connectivity index is 3.26. The maximum atomic E-state index is 5.54. The molecular formula is C13H29NO3. The van der Waals surface area contributed by atoms with Gasteiger partial charge >= 0.3 is 0 Å². The molecule has 0 aromatic carbocycles. The van der Waals surface area contributed by atoms with E-state index in [2.05, 4.69) is 26.1 Å². The zero-order valence-corrected chi connectivity index (χ0v) is 11.9. The first-order valence-corrected chi connectivity index (χ1v) is 6.47. The Bertz CT molecular complexity index is 163. The Morgan fingerprint density at radius 2 is 1.53 bits per heavy atom. The van der Waals surface area contributed by atoms with Gasteiger partial charge < -0.3 is 19.5 Å². The third-order valence-corrected chi connectivity index (χ3v) is 2.58. The summed E-state index contributed by atoms with van der Waals surface area (Å²) in [4.78, 5) is 0. The van der Waals surface area contributed by atoms with Gasteiger partial charge in [0.2, 0.25) is 0 Å². The van der Waals surface area contributed by atoms with Crippen LogP contribution in [0.5, 0.6) is 0 Å². The van der Waals surface area contributed by atoms with Crippen LogP contribution in [-0.2, 0) is 14.2 Å². The molecular weight excluding hydrogens is 218 g/mol. The Morgan fingerprint density at radius 3 is 2.12 bits per heavy atom. The summed E-state index contributed by atoms with van der Waals surface area (Å²) in [6.07, 6.45) is 1.07. The van der Waals surface area contributed by atoms with Gasteiger partial charge in [-0.25, -0.2) is 0 Å². The van der Waals surface area contributed by atoms with E-state index in [1.54, 1.807) is 7.11 Å². The highest BCUT2D eigenvalue weighted by Crippen LogP contribution is 2.18. The monoisotopic (exact) mass is 247 g/mol. The molecule has 0 rings (SSSR count). The van der Waals surface area contributed by atoms with Crippen LogP contribution >= 0.6 is 0 Å². The van der Waals surface area contributed by atoms with Crippen LogP contribution in [0.2, 0.25) is 0 Å². The van der Waals surface area contributed by atoms with Gasteiger partial charge in [-0.15, -0.1) is 0 Å². The van der Waals surface area contributed by atoms with E-state index >= 15 is 0 Å². The minimum absolute atomic E-state index is 0.299. The van der Waals surface area contributed by atoms with Gasteiger partial charge in [-0.05, 0) is 18.4 Å². The van der Waals surface area contributed by atoms with Crippen molar-refractivity contribution in [2.24, 2.45) is 5.41 Å². The minimum Gasteiger partial charge on any atom is -0.382 e. The predicted octanol–water partition coefficient (Wildman–Crippen LogP) is 1.69. The van der Waals surface area contributed by atoms with Crippen LogP contribution in [0.3, 0.4) is 0 Å². The van der Waals surface area contributed by atoms with Crippen molar-refractivity contribution in [1.82, 2.24) is 5.32 Å². The summed E-state index contributed by atoms with van der Waals surface area (Å²) in [5, 5.41) is 3.37. The molecule has 104 valence electrons. The molecule has 0 amide bonds. The van der Waals surface area contributed by atoms with E-state index in [9.17, 15) is 0 Å². The quantitative estimate of drug-likeness (QED) is 0.533. The zero-order valence-electron chi connectivity index (χ0n) is 11.9. The topological polar surface area (TPSA) is 39.7 Å². The second-order valence-electron chi connectivity index (χ2n) is 4.91. The second kappa shape index (κ2) is 11.0. The summed E-state index contributed by atoms with van der Waals surface area (Å²) in [6.45, 7) is 12.1. The normalized spacial score (nSPS) is 12.0. The molecule has 0 aromatic rings. The molecule has 0 heterocycles. The summed E-state index contributed by atoms with van der Waals surface area (Å²) in [6, 6.07) is 0. The maximum Gasteiger partial charge on any atom is 0.0701 e. The molecule has 0 atom stereocenters. The van der Waals surface area contributed by atoms with Crippen molar-refractivity contribution in [3.63, 3.8) is 0 Å². The smallest absolute Gasteiger partial charge is 0.0701 e. The molecule has 17 heavy (non-hydrogen) atoms. The molecule has 0 aromatic heterocycles. The van der Waals surface area contributed by atoms with Crippen LogP contribution in [0, 0.1) is 5.41 Å². The first kappa shape index (κ1) is 16.8. The summed E-state index contributed by atoms with van der Waals surface area (Å²) in [5.41, 5.74) is 0.299. The molecule has 4 heteroatoms. The van der Waals surface area contributed by atoms with E-state index in [4.69, 9.17) is 14.2 Å². The van der Waals surface area contributed by atoms with Gasteiger partial charge in [-0.2, -0.15) is 0 Å². The van der Waals surface area contributed by atoms with E-state index in [-0.39, 0.29) is 0 Å². The van der Waals surface area contributed by atoms with Crippen molar-refractivity contribution in [2.75, 3.05) is 53.2 Å². The van der Waals surface area contributed by atoms with Crippen molar-refractivity contribution < 1.29 is 14.2 Å². The van der Waals surface area contributed by atoms with Crippen LogP contribution < -0.4 is 5.32 Å². The molecule has 0 radical (unpaired) electrons. The van der Waals surface area contributed by atoms with E-state index in [1.807, 2.05) is 0 Å². The van der Waals surface area contributed by atoms with Gasteiger partial charge in [0.05, 0.1) is 26.4 Å². The Hall–Kier alpha value is -0.160. The lowest BCUT2D eigenvalue weighted by Crippen LogP contribution is -2.30. The molecule has 0 aliphatic rings. The van der Waals surface area contributed by atoms with Gasteiger partial charge in [0.15, 0.2) is 0 Å². The average Bonchev–Trinajstić information content (AvgIpc) is 2.30. The van der Waals surface area contributed by atoms with Crippen molar-refractivity contribution in [3.05, 3.63) is 0 Å². The second-order valence-corrected chi connectivity index (χ2v) is 4.91. The highest BCUT2D eigenvalue weighted by Gasteiger charge is 2.16. The van der Waals surface area contributed by atoms with Gasteiger partial charge in [-0.3, -0.25) is 0 Å². The molecule has 0 saturated heterocycles. The summed E-state index contributed by atoms with van der Waals surface area (Å²) >= 11 is 0. The highest BCUT2D eigenvalue weighted by molar-refractivity contribution is 4.70. The van der Waals surface area contributed by atoms with E-state index in [1.165, 1.54) is 0 Å². The fourth-order valence-corrected chi connectivity index (χ4v) is 1.36. The Labute approximate surface area is 106 Å². The number of ether oxygens (including phenoxy) is 3. The van der Waals surface area contributed by atoms with Crippen molar-refractivity contribution >= 4 is 0 Å². The summed E-state index contributed by atoms with van der Waals surface area (Å²) < 4.78 is 15.7. The molecule has 0 bridgehead atoms. The zero-order chi connectivity index (χ0) is 13.0. The predicted molar refractivity (Wildman–Crippen MR) is 70.5 cm³/mol. The van der Waals surface area contributed by atoms with E-state index in [0.29, 0.717) is 31.8 Å². The lowest BCUT2D eigenvalue weighted by Gasteiger charge is -2.24. The van der Waals surface area contributed by atoms with Gasteiger partial charge in [-0.1, -0.05) is 20.8 Å². The Kier molecular flexibility index (Phi) is 10.9. The van der Waals surface area contributed by atoms with Crippen LogP contribution in [0.1, 0.15) is 27.2 Å². The van der Waals surface area contributed by atoms with E-state index < -0.39 is 0 Å². The molecule has 0 aliphatic carbocycles. The van der Waals surface area contributed by atoms with Crippen LogP contribution in [-0.4, -0.2) is 53.2 Å². The number of methoxy groups -OCH3 is 1. The molecule has 0 fully saturated rings. The molecule has 0 aliphatic heterocycles. The summed E-state index contributed by atoms with van der Waals surface area (Å²) in [5.74, 6) is 0. The minimum atomic E-state index is 0.299. The maximum absolute atomic E-state index is 5.54. The van der Waals surface area contributed by atoms with Crippen LogP contribution in [0.15, 0.2) is 0 Å². The molecule has 0 saturated carbocycles. The lowest BCUT2D eigenvalue weighted by atomic mass is 9.90. The number of rotatable bonds is 12. The summed E-state index contributed by atoms with van der Waals surface area (Å²) in [7, 11) is 1.67. The van der Waals surface area contributed by atoms with Crippen molar-refractivity contribution in [3.8, 4) is 0 Å². The fraction of sp³-hybridized carbons (Fsp3) is 1.00. The van der Waals surface area contributed by atoms with Crippen molar-refractivity contribution in [1.29, 1.82) is 0 Å². The third-order valence-electron chi connectivity index (χ3n) is 2.58. The van der Waals surface area contributed by atoms with Crippen molar-refractivity contribution in [2.45, 2.75) is 27.2 Å². The standard InChI is InChI=1S/C13H29NO3/c1-5-14-12-13(2,3)6-7-16-10-11-17-9-8-15-4/h14H,5-12H2,1-4H3. The Morgan fingerprint density at radius 1 is 0.941 bits per heavy atom. The average molecular weight is 247 g/mol. The third kappa shape index (κ3) is 12.1. The highest BCUT2D eigenvalue weighted by atomic mass is 16.5. The van der Waals surface area contributed by atoms with E-state index in [0.717, 1.165) is 26.1 Å². The molecule has 1 N–H and O–H groups in total. The van der Waals surface area contributed by atoms with Crippen LogP contribution in [0.25, 0.3) is 0 Å². The molecule has 0 unspecified atom stereocenters. The molecule has 0 spiro atoms. The van der Waals surface area contributed by atoms with Crippen LogP contribution in [0.4, 0.5) is 0 Å². The van der Waals surface area contributed by atoms with Gasteiger partial charge in [0, 0.05) is 20.3 Å². The SMILES string of the molecule is CCNCC(C)(C)CCOCCOCCOC. The number of nitrogens with one attached hydrogen (secondary N) is 1. The first-order chi connectivity index (χ1) is 8.12. The largest absolute Gasteiger partial charge is 0.382 e. The van der Waals surface area contributed by atoms with Gasteiger partial charge in [0.1, 0.15) is 0 Å². The first-order valence-electron chi connectivity index (χ1n) is 6.47. The fourth-order valence-electron chi connectivity index (χ4n) is 1.36.